The van der Waals surface area contributed by atoms with Crippen LogP contribution in [-0.2, 0) is 0 Å². The van der Waals surface area contributed by atoms with Gasteiger partial charge in [-0.05, 0) is 39.9 Å². The van der Waals surface area contributed by atoms with Gasteiger partial charge in [0.2, 0.25) is 0 Å². The first-order chi connectivity index (χ1) is 8.62. The van der Waals surface area contributed by atoms with Gasteiger partial charge in [0.15, 0.2) is 0 Å². The molecule has 3 heteroatoms. The second-order valence-electron chi connectivity index (χ2n) is 7.97. The summed E-state index contributed by atoms with van der Waals surface area (Å²) in [6, 6.07) is 0. The molecule has 0 saturated heterocycles. The normalized spacial score (nSPS) is 13.3. The highest BCUT2D eigenvalue weighted by Crippen LogP contribution is 2.07. The number of rotatable bonds is 11. The summed E-state index contributed by atoms with van der Waals surface area (Å²) in [6.07, 6.45) is 6.84. The molecule has 3 nitrogen and oxygen atoms in total. The third-order valence-corrected chi connectivity index (χ3v) is 3.71. The lowest BCUT2D eigenvalue weighted by atomic mass is 10.1. The van der Waals surface area contributed by atoms with Gasteiger partial charge in [0.05, 0.1) is 54.9 Å². The van der Waals surface area contributed by atoms with Crippen LogP contribution < -0.4 is 0 Å². The topological polar surface area (TPSA) is 3.24 Å². The van der Waals surface area contributed by atoms with Crippen LogP contribution in [-0.4, -0.2) is 89.4 Å². The van der Waals surface area contributed by atoms with Gasteiger partial charge in [-0.25, -0.2) is 0 Å². The van der Waals surface area contributed by atoms with Crippen LogP contribution in [0.3, 0.4) is 0 Å². The maximum Gasteiger partial charge on any atom is 0.0836 e. The number of nitrogens with zero attached hydrogens (tertiary/aromatic N) is 3. The predicted octanol–water partition coefficient (Wildman–Crippen LogP) is 2.28. The van der Waals surface area contributed by atoms with E-state index < -0.39 is 0 Å². The number of quaternary nitrogens is 2. The maximum absolute atomic E-state index is 2.38. The summed E-state index contributed by atoms with van der Waals surface area (Å²) in [4.78, 5) is 2.28. The van der Waals surface area contributed by atoms with Crippen LogP contribution in [0.25, 0.3) is 0 Å². The van der Waals surface area contributed by atoms with Crippen molar-refractivity contribution in [2.75, 3.05) is 75.5 Å². The molecule has 0 spiro atoms. The summed E-state index contributed by atoms with van der Waals surface area (Å²) >= 11 is 0. The first kappa shape index (κ1) is 18.9. The van der Waals surface area contributed by atoms with Crippen molar-refractivity contribution in [3.8, 4) is 0 Å². The SMILES string of the molecule is CN(C)CCCCCC[N+](C)(C)CCC[N+](C)(C)C. The fourth-order valence-electron chi connectivity index (χ4n) is 2.41. The Kier molecular flexibility index (Phi) is 8.88. The largest absolute Gasteiger partial charge is 0.331 e. The van der Waals surface area contributed by atoms with Crippen LogP contribution in [0.15, 0.2) is 0 Å². The minimum Gasteiger partial charge on any atom is -0.331 e. The molecule has 0 fully saturated rings. The average Bonchev–Trinajstić information content (AvgIpc) is 2.20. The van der Waals surface area contributed by atoms with Crippen LogP contribution >= 0.6 is 0 Å². The molecule has 0 aliphatic rings. The molecule has 0 heterocycles. The number of hydrogen-bond acceptors (Lipinski definition) is 1. The molecule has 0 aromatic carbocycles. The molecule has 0 aromatic rings. The quantitative estimate of drug-likeness (QED) is 0.412. The van der Waals surface area contributed by atoms with Crippen molar-refractivity contribution in [1.82, 2.24) is 4.90 Å². The molecule has 0 amide bonds. The van der Waals surface area contributed by atoms with Crippen molar-refractivity contribution in [3.63, 3.8) is 0 Å². The first-order valence-electron chi connectivity index (χ1n) is 7.90. The van der Waals surface area contributed by atoms with Gasteiger partial charge in [0.1, 0.15) is 0 Å². The molecule has 0 N–H and O–H groups in total. The molecule has 19 heavy (non-hydrogen) atoms. The molecule has 0 aliphatic carbocycles. The highest BCUT2D eigenvalue weighted by atomic mass is 15.3. The Morgan fingerprint density at radius 1 is 0.632 bits per heavy atom. The minimum atomic E-state index is 1.09. The van der Waals surface area contributed by atoms with Crippen molar-refractivity contribution < 1.29 is 8.97 Å². The van der Waals surface area contributed by atoms with E-state index in [9.17, 15) is 0 Å². The highest BCUT2D eigenvalue weighted by Gasteiger charge is 2.16. The van der Waals surface area contributed by atoms with Gasteiger partial charge in [-0.15, -0.1) is 0 Å². The van der Waals surface area contributed by atoms with Gasteiger partial charge < -0.3 is 13.9 Å². The lowest BCUT2D eigenvalue weighted by molar-refractivity contribution is -0.902. The fraction of sp³-hybridized carbons (Fsp3) is 1.00. The van der Waals surface area contributed by atoms with E-state index in [4.69, 9.17) is 0 Å². The van der Waals surface area contributed by atoms with Crippen molar-refractivity contribution in [1.29, 1.82) is 0 Å². The Morgan fingerprint density at radius 2 is 1.16 bits per heavy atom. The number of hydrogen-bond donors (Lipinski definition) is 0. The molecule has 0 rings (SSSR count). The van der Waals surface area contributed by atoms with E-state index in [2.05, 4.69) is 54.2 Å². The molecule has 0 saturated carbocycles. The lowest BCUT2D eigenvalue weighted by Crippen LogP contribution is -2.44. The summed E-state index contributed by atoms with van der Waals surface area (Å²) in [5.74, 6) is 0. The Labute approximate surface area is 122 Å². The van der Waals surface area contributed by atoms with Gasteiger partial charge in [0.25, 0.3) is 0 Å². The second-order valence-corrected chi connectivity index (χ2v) is 7.97. The van der Waals surface area contributed by atoms with E-state index in [0.717, 1.165) is 4.48 Å². The first-order valence-corrected chi connectivity index (χ1v) is 7.90. The zero-order valence-corrected chi connectivity index (χ0v) is 14.7. The lowest BCUT2D eigenvalue weighted by Gasteiger charge is -2.31. The molecule has 0 bridgehead atoms. The molecular formula is C16H39N3+2. The average molecular weight is 274 g/mol. The van der Waals surface area contributed by atoms with Crippen molar-refractivity contribution in [2.45, 2.75) is 32.1 Å². The van der Waals surface area contributed by atoms with Crippen LogP contribution in [0.2, 0.25) is 0 Å². The highest BCUT2D eigenvalue weighted by molar-refractivity contribution is 4.47. The van der Waals surface area contributed by atoms with Crippen LogP contribution in [0.4, 0.5) is 0 Å². The zero-order valence-electron chi connectivity index (χ0n) is 14.7. The van der Waals surface area contributed by atoms with E-state index in [0.29, 0.717) is 0 Å². The Morgan fingerprint density at radius 3 is 1.68 bits per heavy atom. The minimum absolute atomic E-state index is 1.09. The van der Waals surface area contributed by atoms with Gasteiger partial charge in [0, 0.05) is 6.42 Å². The summed E-state index contributed by atoms with van der Waals surface area (Å²) < 4.78 is 2.28. The molecule has 0 radical (unpaired) electrons. The molecule has 0 aromatic heterocycles. The summed E-state index contributed by atoms with van der Waals surface area (Å²) in [5.41, 5.74) is 0. The maximum atomic E-state index is 2.38. The van der Waals surface area contributed by atoms with Crippen molar-refractivity contribution >= 4 is 0 Å². The fourth-order valence-corrected chi connectivity index (χ4v) is 2.41. The molecule has 0 unspecified atom stereocenters. The van der Waals surface area contributed by atoms with E-state index >= 15 is 0 Å². The second kappa shape index (κ2) is 8.93. The zero-order chi connectivity index (χ0) is 14.9. The van der Waals surface area contributed by atoms with Crippen LogP contribution in [0.5, 0.6) is 0 Å². The van der Waals surface area contributed by atoms with Crippen LogP contribution in [0, 0.1) is 0 Å². The van der Waals surface area contributed by atoms with Crippen molar-refractivity contribution in [2.24, 2.45) is 0 Å². The van der Waals surface area contributed by atoms with E-state index in [1.807, 2.05) is 0 Å². The monoisotopic (exact) mass is 273 g/mol. The molecule has 116 valence electrons. The standard InChI is InChI=1S/C16H39N3/c1-17(2)13-10-8-9-11-15-19(6,7)16-12-14-18(3,4)5/h8-16H2,1-7H3/q+2. The third kappa shape index (κ3) is 14.1. The summed E-state index contributed by atoms with van der Waals surface area (Å²) in [5, 5.41) is 0. The predicted molar refractivity (Wildman–Crippen MR) is 86.4 cm³/mol. The Balaban J connectivity index is 3.56. The smallest absolute Gasteiger partial charge is 0.0836 e. The van der Waals surface area contributed by atoms with Gasteiger partial charge in [-0.3, -0.25) is 0 Å². The summed E-state index contributed by atoms with van der Waals surface area (Å²) in [7, 11) is 15.9. The van der Waals surface area contributed by atoms with Gasteiger partial charge in [-0.2, -0.15) is 0 Å². The van der Waals surface area contributed by atoms with E-state index in [1.165, 1.54) is 62.8 Å². The van der Waals surface area contributed by atoms with Gasteiger partial charge >= 0.3 is 0 Å². The molecule has 0 aliphatic heterocycles. The summed E-state index contributed by atoms with van der Waals surface area (Å²) in [6.45, 7) is 5.17. The van der Waals surface area contributed by atoms with Gasteiger partial charge in [-0.1, -0.05) is 6.42 Å². The molecular weight excluding hydrogens is 234 g/mol. The van der Waals surface area contributed by atoms with Crippen LogP contribution in [0.1, 0.15) is 32.1 Å². The van der Waals surface area contributed by atoms with Crippen molar-refractivity contribution in [3.05, 3.63) is 0 Å². The van der Waals surface area contributed by atoms with E-state index in [1.54, 1.807) is 0 Å². The van der Waals surface area contributed by atoms with E-state index in [-0.39, 0.29) is 0 Å². The molecule has 0 atom stereocenters. The Bertz CT molecular complexity index is 217. The third-order valence-electron chi connectivity index (χ3n) is 3.71. The Hall–Kier alpha value is -0.120. The number of unbranched alkanes of at least 4 members (excludes halogenated alkanes) is 3.